The highest BCUT2D eigenvalue weighted by molar-refractivity contribution is 5.02. The lowest BCUT2D eigenvalue weighted by molar-refractivity contribution is -0.131. The van der Waals surface area contributed by atoms with Crippen LogP contribution in [0, 0.1) is 0 Å². The summed E-state index contributed by atoms with van der Waals surface area (Å²) in [4.78, 5) is 27.2. The van der Waals surface area contributed by atoms with Gasteiger partial charge in [-0.05, 0) is 12.0 Å². The summed E-state index contributed by atoms with van der Waals surface area (Å²) >= 11 is 0. The topological polar surface area (TPSA) is 153 Å². The van der Waals surface area contributed by atoms with Crippen molar-refractivity contribution in [3.05, 3.63) is 43.5 Å². The lowest BCUT2D eigenvalue weighted by Gasteiger charge is -2.29. The molecule has 11 heteroatoms. The Hall–Kier alpha value is -2.20. The normalized spacial score (nSPS) is 31.0. The zero-order valence-electron chi connectivity index (χ0n) is 11.3. The fourth-order valence-corrected chi connectivity index (χ4v) is 2.36. The van der Waals surface area contributed by atoms with E-state index in [4.69, 9.17) is 10.3 Å². The minimum absolute atomic E-state index is 0.131. The number of aromatic nitrogens is 2. The molecule has 4 atom stereocenters. The first kappa shape index (κ1) is 16.2. The molecule has 0 amide bonds. The zero-order valence-corrected chi connectivity index (χ0v) is 11.3. The van der Waals surface area contributed by atoms with E-state index in [0.717, 1.165) is 16.8 Å². The monoisotopic (exact) mass is 315 g/mol. The van der Waals surface area contributed by atoms with E-state index < -0.39 is 42.0 Å². The van der Waals surface area contributed by atoms with E-state index in [1.807, 2.05) is 4.98 Å². The van der Waals surface area contributed by atoms with E-state index in [9.17, 15) is 24.2 Å². The van der Waals surface area contributed by atoms with Crippen molar-refractivity contribution < 1.29 is 19.3 Å². The van der Waals surface area contributed by atoms with Gasteiger partial charge in [-0.2, -0.15) is 0 Å². The first-order valence-corrected chi connectivity index (χ1v) is 6.38. The van der Waals surface area contributed by atoms with Crippen LogP contribution in [0.25, 0.3) is 10.4 Å². The summed E-state index contributed by atoms with van der Waals surface area (Å²) in [5.41, 5.74) is 4.98. The molecule has 2 heterocycles. The van der Waals surface area contributed by atoms with Gasteiger partial charge in [-0.3, -0.25) is 14.3 Å². The number of hydrogen-bond acceptors (Lipinski definition) is 6. The largest absolute Gasteiger partial charge is 0.393 e. The molecule has 0 bridgehead atoms. The van der Waals surface area contributed by atoms with Crippen molar-refractivity contribution in [1.29, 1.82) is 0 Å². The number of halogens is 1. The predicted octanol–water partition coefficient (Wildman–Crippen LogP) is -0.804. The molecule has 22 heavy (non-hydrogen) atoms. The summed E-state index contributed by atoms with van der Waals surface area (Å²) in [5.74, 6) is 0. The average molecular weight is 315 g/mol. The zero-order chi connectivity index (χ0) is 16.3. The summed E-state index contributed by atoms with van der Waals surface area (Å²) in [6.07, 6.45) is -4.36. The van der Waals surface area contributed by atoms with Crippen molar-refractivity contribution in [3.63, 3.8) is 0 Å². The Labute approximate surface area is 122 Å². The van der Waals surface area contributed by atoms with Gasteiger partial charge in [-0.15, -0.1) is 0 Å². The second kappa shape index (κ2) is 6.28. The van der Waals surface area contributed by atoms with Crippen molar-refractivity contribution in [1.82, 2.24) is 9.55 Å². The average Bonchev–Trinajstić information content (AvgIpc) is 2.73. The fraction of sp³-hybridized carbons (Fsp3) is 0.636. The number of alkyl halides is 1. The van der Waals surface area contributed by atoms with Crippen molar-refractivity contribution >= 4 is 0 Å². The molecule has 2 unspecified atom stereocenters. The minimum Gasteiger partial charge on any atom is -0.393 e. The molecule has 1 fully saturated rings. The van der Waals surface area contributed by atoms with Crippen LogP contribution in [0.3, 0.4) is 0 Å². The predicted molar refractivity (Wildman–Crippen MR) is 70.8 cm³/mol. The van der Waals surface area contributed by atoms with E-state index in [1.165, 1.54) is 0 Å². The molecule has 1 aliphatic rings. The van der Waals surface area contributed by atoms with Gasteiger partial charge in [0.1, 0.15) is 11.7 Å². The molecule has 3 N–H and O–H groups in total. The Morgan fingerprint density at radius 2 is 2.32 bits per heavy atom. The summed E-state index contributed by atoms with van der Waals surface area (Å²) in [6, 6.07) is 1.00. The molecule has 10 nitrogen and oxygen atoms in total. The van der Waals surface area contributed by atoms with Crippen LogP contribution in [0.4, 0.5) is 4.39 Å². The number of rotatable bonds is 5. The van der Waals surface area contributed by atoms with Gasteiger partial charge in [0.2, 0.25) is 0 Å². The molecule has 0 aliphatic carbocycles. The van der Waals surface area contributed by atoms with Crippen LogP contribution < -0.4 is 11.2 Å². The molecular formula is C11H14FN5O5. The highest BCUT2D eigenvalue weighted by Crippen LogP contribution is 2.40. The third kappa shape index (κ3) is 2.74. The minimum atomic E-state index is -2.01. The van der Waals surface area contributed by atoms with Crippen LogP contribution in [0.5, 0.6) is 0 Å². The van der Waals surface area contributed by atoms with E-state index >= 15 is 0 Å². The molecule has 0 spiro atoms. The van der Waals surface area contributed by atoms with Crippen LogP contribution in [-0.4, -0.2) is 50.8 Å². The van der Waals surface area contributed by atoms with E-state index in [2.05, 4.69) is 10.0 Å². The lowest BCUT2D eigenvalue weighted by atomic mass is 9.93. The molecule has 2 rings (SSSR count). The number of aromatic amines is 1. The van der Waals surface area contributed by atoms with Gasteiger partial charge in [-0.25, -0.2) is 9.18 Å². The lowest BCUT2D eigenvalue weighted by Crippen LogP contribution is -2.46. The van der Waals surface area contributed by atoms with Crippen LogP contribution >= 0.6 is 0 Å². The molecule has 0 radical (unpaired) electrons. The van der Waals surface area contributed by atoms with Crippen molar-refractivity contribution in [3.8, 4) is 0 Å². The summed E-state index contributed by atoms with van der Waals surface area (Å²) in [5, 5.41) is 22.7. The smallest absolute Gasteiger partial charge is 0.330 e. The number of azide groups is 1. The first-order valence-electron chi connectivity index (χ1n) is 6.38. The van der Waals surface area contributed by atoms with Gasteiger partial charge in [0, 0.05) is 23.7 Å². The van der Waals surface area contributed by atoms with Crippen molar-refractivity contribution in [2.45, 2.75) is 30.5 Å². The second-order valence-electron chi connectivity index (χ2n) is 4.84. The Balaban J connectivity index is 2.34. The van der Waals surface area contributed by atoms with E-state index in [0.29, 0.717) is 0 Å². The number of hydrogen-bond donors (Lipinski definition) is 3. The van der Waals surface area contributed by atoms with E-state index in [-0.39, 0.29) is 13.0 Å². The number of nitrogens with zero attached hydrogens (tertiary/aromatic N) is 4. The summed E-state index contributed by atoms with van der Waals surface area (Å²) < 4.78 is 20.4. The maximum atomic E-state index is 14.3. The van der Waals surface area contributed by atoms with Gasteiger partial charge in [0.05, 0.1) is 6.61 Å². The summed E-state index contributed by atoms with van der Waals surface area (Å²) in [7, 11) is 0. The Kier molecular flexibility index (Phi) is 4.62. The van der Waals surface area contributed by atoms with Gasteiger partial charge in [0.15, 0.2) is 12.4 Å². The van der Waals surface area contributed by atoms with Crippen LogP contribution in [0.2, 0.25) is 0 Å². The third-order valence-electron chi connectivity index (χ3n) is 3.56. The maximum absolute atomic E-state index is 14.3. The van der Waals surface area contributed by atoms with Crippen LogP contribution in [0.1, 0.15) is 12.6 Å². The second-order valence-corrected chi connectivity index (χ2v) is 4.84. The van der Waals surface area contributed by atoms with Crippen molar-refractivity contribution in [2.24, 2.45) is 5.11 Å². The quantitative estimate of drug-likeness (QED) is 0.368. The third-order valence-corrected chi connectivity index (χ3v) is 3.56. The Morgan fingerprint density at radius 1 is 1.59 bits per heavy atom. The highest BCUT2D eigenvalue weighted by Gasteiger charge is 2.55. The molecule has 1 aliphatic heterocycles. The number of ether oxygens (including phenoxy) is 1. The van der Waals surface area contributed by atoms with Crippen LogP contribution in [-0.2, 0) is 4.74 Å². The Morgan fingerprint density at radius 3 is 2.91 bits per heavy atom. The molecule has 1 saturated heterocycles. The molecule has 1 aromatic heterocycles. The van der Waals surface area contributed by atoms with Gasteiger partial charge >= 0.3 is 5.69 Å². The van der Waals surface area contributed by atoms with E-state index in [1.54, 1.807) is 0 Å². The van der Waals surface area contributed by atoms with Gasteiger partial charge in [-0.1, -0.05) is 5.11 Å². The van der Waals surface area contributed by atoms with Crippen LogP contribution in [0.15, 0.2) is 27.0 Å². The molecular weight excluding hydrogens is 301 g/mol. The summed E-state index contributed by atoms with van der Waals surface area (Å²) in [6.45, 7) is -0.863. The SMILES string of the molecule is [N-]=[N+]=NCC[C@]1(CO)O[C@@H](n2ccc(=O)[nH]c2=O)C(F)C1O. The Bertz CT molecular complexity index is 699. The fourth-order valence-electron chi connectivity index (χ4n) is 2.36. The first-order chi connectivity index (χ1) is 10.4. The molecule has 0 aromatic carbocycles. The maximum Gasteiger partial charge on any atom is 0.330 e. The number of H-pyrrole nitrogens is 1. The highest BCUT2D eigenvalue weighted by atomic mass is 19.1. The standard InChI is InChI=1S/C11H14FN5O5/c12-7-8(20)11(5-18,2-3-14-16-13)22-9(7)17-4-1-6(19)15-10(17)21/h1,4,7-9,18,20H,2-3,5H2,(H,15,19,21)/t7?,8?,9-,11-/m1/s1. The molecule has 1 aromatic rings. The van der Waals surface area contributed by atoms with Gasteiger partial charge < -0.3 is 14.9 Å². The number of aliphatic hydroxyl groups is 2. The number of aliphatic hydroxyl groups excluding tert-OH is 2. The van der Waals surface area contributed by atoms with Crippen molar-refractivity contribution in [2.75, 3.05) is 13.2 Å². The van der Waals surface area contributed by atoms with Gasteiger partial charge in [0.25, 0.3) is 5.56 Å². The molecule has 120 valence electrons. The molecule has 0 saturated carbocycles. The number of nitrogens with one attached hydrogen (secondary N) is 1.